The van der Waals surface area contributed by atoms with E-state index in [-0.39, 0.29) is 17.3 Å². The number of pyridine rings is 1. The van der Waals surface area contributed by atoms with Gasteiger partial charge in [0.15, 0.2) is 0 Å². The maximum absolute atomic E-state index is 13.7. The van der Waals surface area contributed by atoms with Crippen LogP contribution in [0, 0.1) is 5.82 Å². The van der Waals surface area contributed by atoms with E-state index in [1.807, 2.05) is 18.3 Å². The van der Waals surface area contributed by atoms with Gasteiger partial charge in [0.1, 0.15) is 5.82 Å². The van der Waals surface area contributed by atoms with Crippen LogP contribution in [0.25, 0.3) is 22.5 Å². The topological polar surface area (TPSA) is 67.0 Å². The quantitative estimate of drug-likeness (QED) is 0.687. The molecule has 0 saturated carbocycles. The first-order chi connectivity index (χ1) is 13.6. The second kappa shape index (κ2) is 5.52. The number of H-pyrrole nitrogens is 1. The predicted octanol–water partition coefficient (Wildman–Crippen LogP) is 3.04. The second-order valence-electron chi connectivity index (χ2n) is 7.97. The largest absolute Gasteiger partial charge is 0.376 e. The number of aromatic amines is 1. The van der Waals surface area contributed by atoms with Crippen molar-refractivity contribution in [3.8, 4) is 22.5 Å². The number of halogens is 1. The molecule has 3 aromatic rings. The molecule has 1 spiro atoms. The third-order valence-electron chi connectivity index (χ3n) is 6.08. The molecule has 6 rings (SSSR count). The lowest BCUT2D eigenvalue weighted by molar-refractivity contribution is -0.0713. The van der Waals surface area contributed by atoms with Crippen LogP contribution < -0.4 is 5.32 Å². The van der Waals surface area contributed by atoms with E-state index in [4.69, 9.17) is 4.74 Å². The van der Waals surface area contributed by atoms with Crippen molar-refractivity contribution in [3.05, 3.63) is 64.7 Å². The van der Waals surface area contributed by atoms with Crippen LogP contribution in [-0.4, -0.2) is 34.6 Å². The lowest BCUT2D eigenvalue weighted by Gasteiger charge is -2.44. The van der Waals surface area contributed by atoms with Gasteiger partial charge in [-0.15, -0.1) is 0 Å². The molecule has 0 radical (unpaired) electrons. The highest BCUT2D eigenvalue weighted by molar-refractivity contribution is 6.01. The highest BCUT2D eigenvalue weighted by atomic mass is 19.1. The van der Waals surface area contributed by atoms with Gasteiger partial charge in [-0.1, -0.05) is 12.1 Å². The van der Waals surface area contributed by atoms with Crippen LogP contribution in [-0.2, 0) is 24.0 Å². The standard InChI is InChI=1S/C22H18FN3O2/c23-14-3-1-2-12(6-14)17-7-16-13(9-24-17)4-5-15-19-18(25-20(15)16)8-22(10-28-11-22)26-21(19)27/h1-3,6-7,9,25H,4-5,8,10-11H2,(H,26,27). The summed E-state index contributed by atoms with van der Waals surface area (Å²) in [5.74, 6) is -0.289. The normalized spacial score (nSPS) is 18.7. The average Bonchev–Trinajstić information content (AvgIpc) is 3.05. The Kier molecular flexibility index (Phi) is 3.15. The van der Waals surface area contributed by atoms with Gasteiger partial charge in [0.05, 0.1) is 35.7 Å². The number of fused-ring (bicyclic) bond motifs is 5. The molecule has 2 aromatic heterocycles. The highest BCUT2D eigenvalue weighted by Gasteiger charge is 2.46. The number of aryl methyl sites for hydroxylation is 1. The molecular formula is C22H18FN3O2. The van der Waals surface area contributed by atoms with Crippen molar-refractivity contribution in [2.24, 2.45) is 0 Å². The molecule has 5 nitrogen and oxygen atoms in total. The predicted molar refractivity (Wildman–Crippen MR) is 102 cm³/mol. The zero-order valence-electron chi connectivity index (χ0n) is 15.1. The van der Waals surface area contributed by atoms with Gasteiger partial charge < -0.3 is 15.0 Å². The van der Waals surface area contributed by atoms with E-state index in [9.17, 15) is 9.18 Å². The number of nitrogens with zero attached hydrogens (tertiary/aromatic N) is 1. The fourth-order valence-electron chi connectivity index (χ4n) is 4.67. The van der Waals surface area contributed by atoms with Crippen LogP contribution in [0.5, 0.6) is 0 Å². The van der Waals surface area contributed by atoms with Crippen molar-refractivity contribution >= 4 is 5.91 Å². The highest BCUT2D eigenvalue weighted by Crippen LogP contribution is 2.40. The second-order valence-corrected chi connectivity index (χ2v) is 7.97. The van der Waals surface area contributed by atoms with Crippen molar-refractivity contribution in [1.29, 1.82) is 0 Å². The number of amides is 1. The molecule has 0 unspecified atom stereocenters. The van der Waals surface area contributed by atoms with Crippen LogP contribution in [0.1, 0.15) is 27.2 Å². The Bertz CT molecular complexity index is 1150. The number of carbonyl (C=O) groups is 1. The maximum Gasteiger partial charge on any atom is 0.254 e. The molecule has 4 heterocycles. The van der Waals surface area contributed by atoms with Crippen molar-refractivity contribution in [2.45, 2.75) is 24.8 Å². The summed E-state index contributed by atoms with van der Waals surface area (Å²) in [6.07, 6.45) is 4.29. The SMILES string of the molecule is O=C1NC2(COC2)Cc2[nH]c3c(c21)CCc1cnc(-c2cccc(F)c2)cc1-3. The summed E-state index contributed by atoms with van der Waals surface area (Å²) in [6.45, 7) is 1.12. The molecule has 1 fully saturated rings. The summed E-state index contributed by atoms with van der Waals surface area (Å²) in [6, 6.07) is 8.47. The molecular weight excluding hydrogens is 357 g/mol. The third-order valence-corrected chi connectivity index (χ3v) is 6.08. The Morgan fingerprint density at radius 2 is 2.07 bits per heavy atom. The van der Waals surface area contributed by atoms with Crippen molar-refractivity contribution < 1.29 is 13.9 Å². The Labute approximate surface area is 161 Å². The summed E-state index contributed by atoms with van der Waals surface area (Å²) in [4.78, 5) is 20.9. The van der Waals surface area contributed by atoms with E-state index in [1.54, 1.807) is 6.07 Å². The molecule has 1 amide bonds. The molecule has 0 atom stereocenters. The number of aromatic nitrogens is 2. The van der Waals surface area contributed by atoms with Gasteiger partial charge in [0.25, 0.3) is 5.91 Å². The van der Waals surface area contributed by atoms with E-state index in [0.717, 1.165) is 64.2 Å². The summed E-state index contributed by atoms with van der Waals surface area (Å²) in [7, 11) is 0. The molecule has 140 valence electrons. The van der Waals surface area contributed by atoms with Gasteiger partial charge >= 0.3 is 0 Å². The Morgan fingerprint density at radius 1 is 1.18 bits per heavy atom. The van der Waals surface area contributed by atoms with Gasteiger partial charge in [-0.25, -0.2) is 4.39 Å². The molecule has 6 heteroatoms. The molecule has 2 N–H and O–H groups in total. The lowest BCUT2D eigenvalue weighted by atomic mass is 9.83. The summed E-state index contributed by atoms with van der Waals surface area (Å²) in [5, 5.41) is 3.15. The lowest BCUT2D eigenvalue weighted by Crippen LogP contribution is -2.65. The van der Waals surface area contributed by atoms with Gasteiger partial charge in [0.2, 0.25) is 0 Å². The minimum atomic E-state index is -0.280. The van der Waals surface area contributed by atoms with Crippen LogP contribution in [0.3, 0.4) is 0 Å². The zero-order chi connectivity index (χ0) is 18.9. The van der Waals surface area contributed by atoms with Crippen LogP contribution in [0.15, 0.2) is 36.5 Å². The first-order valence-corrected chi connectivity index (χ1v) is 9.51. The molecule has 1 aliphatic carbocycles. The van der Waals surface area contributed by atoms with Crippen LogP contribution in [0.2, 0.25) is 0 Å². The number of ether oxygens (including phenoxy) is 1. The number of nitrogens with one attached hydrogen (secondary N) is 2. The Balaban J connectivity index is 1.48. The maximum atomic E-state index is 13.7. The molecule has 0 bridgehead atoms. The molecule has 1 aromatic carbocycles. The Hall–Kier alpha value is -2.99. The van der Waals surface area contributed by atoms with Gasteiger partial charge in [0, 0.05) is 29.4 Å². The molecule has 1 saturated heterocycles. The van der Waals surface area contributed by atoms with E-state index < -0.39 is 0 Å². The van der Waals surface area contributed by atoms with E-state index in [2.05, 4.69) is 15.3 Å². The van der Waals surface area contributed by atoms with Gasteiger partial charge in [-0.05, 0) is 42.2 Å². The fourth-order valence-corrected chi connectivity index (χ4v) is 4.67. The minimum Gasteiger partial charge on any atom is -0.376 e. The van der Waals surface area contributed by atoms with E-state index >= 15 is 0 Å². The number of carbonyl (C=O) groups excluding carboxylic acids is 1. The average molecular weight is 375 g/mol. The third kappa shape index (κ3) is 2.21. The number of rotatable bonds is 1. The summed E-state index contributed by atoms with van der Waals surface area (Å²) in [5.41, 5.74) is 7.28. The zero-order valence-corrected chi connectivity index (χ0v) is 15.1. The first-order valence-electron chi connectivity index (χ1n) is 9.51. The first kappa shape index (κ1) is 16.0. The summed E-state index contributed by atoms with van der Waals surface area (Å²) >= 11 is 0. The fraction of sp³-hybridized carbons (Fsp3) is 0.273. The van der Waals surface area contributed by atoms with E-state index in [0.29, 0.717) is 13.2 Å². The van der Waals surface area contributed by atoms with Crippen LogP contribution in [0.4, 0.5) is 4.39 Å². The number of hydrogen-bond acceptors (Lipinski definition) is 3. The van der Waals surface area contributed by atoms with Crippen molar-refractivity contribution in [3.63, 3.8) is 0 Å². The monoisotopic (exact) mass is 375 g/mol. The number of hydrogen-bond donors (Lipinski definition) is 2. The van der Waals surface area contributed by atoms with E-state index in [1.165, 1.54) is 12.1 Å². The molecule has 2 aliphatic heterocycles. The van der Waals surface area contributed by atoms with Crippen molar-refractivity contribution in [2.75, 3.05) is 13.2 Å². The van der Waals surface area contributed by atoms with Gasteiger partial charge in [-0.2, -0.15) is 0 Å². The minimum absolute atomic E-state index is 0.00934. The summed E-state index contributed by atoms with van der Waals surface area (Å²) < 4.78 is 19.0. The Morgan fingerprint density at radius 3 is 2.86 bits per heavy atom. The molecule has 28 heavy (non-hydrogen) atoms. The van der Waals surface area contributed by atoms with Gasteiger partial charge in [-0.3, -0.25) is 9.78 Å². The smallest absolute Gasteiger partial charge is 0.254 e. The van der Waals surface area contributed by atoms with Crippen molar-refractivity contribution in [1.82, 2.24) is 15.3 Å². The number of benzene rings is 1. The molecule has 3 aliphatic rings. The van der Waals surface area contributed by atoms with Crippen LogP contribution >= 0.6 is 0 Å².